The zero-order valence-electron chi connectivity index (χ0n) is 12.9. The third-order valence-electron chi connectivity index (χ3n) is 4.12. The van der Waals surface area contributed by atoms with Gasteiger partial charge in [0.25, 0.3) is 5.91 Å². The van der Waals surface area contributed by atoms with Gasteiger partial charge in [-0.2, -0.15) is 13.2 Å². The molecule has 24 heavy (non-hydrogen) atoms. The Kier molecular flexibility index (Phi) is 4.13. The first-order chi connectivity index (χ1) is 11.3. The molecule has 2 aromatic rings. The Hall–Kier alpha value is -2.28. The summed E-state index contributed by atoms with van der Waals surface area (Å²) in [4.78, 5) is 13.8. The van der Waals surface area contributed by atoms with E-state index in [0.717, 1.165) is 6.07 Å². The lowest BCUT2D eigenvalue weighted by Gasteiger charge is -2.26. The van der Waals surface area contributed by atoms with Crippen LogP contribution < -0.4 is 0 Å². The number of alkyl halides is 3. The number of carbonyl (C=O) groups is 1. The van der Waals surface area contributed by atoms with Gasteiger partial charge in [0.1, 0.15) is 5.76 Å². The van der Waals surface area contributed by atoms with Crippen LogP contribution in [0.3, 0.4) is 0 Å². The molecular weight excluding hydrogens is 323 g/mol. The van der Waals surface area contributed by atoms with Crippen LogP contribution in [0.15, 0.2) is 40.8 Å². The number of hydrogen-bond acceptors (Lipinski definition) is 3. The van der Waals surface area contributed by atoms with Crippen molar-refractivity contribution in [3.8, 4) is 0 Å². The van der Waals surface area contributed by atoms with Gasteiger partial charge in [0.15, 0.2) is 5.76 Å². The molecule has 2 unspecified atom stereocenters. The number of carbonyl (C=O) groups excluding carboxylic acids is 1. The molecule has 1 aliphatic rings. The molecular formula is C17H16F3NO3. The Balaban J connectivity index is 1.99. The molecule has 7 heteroatoms. The number of aliphatic hydroxyl groups excluding tert-OH is 1. The summed E-state index contributed by atoms with van der Waals surface area (Å²) in [6.07, 6.45) is -5.35. The molecule has 1 aromatic carbocycles. The van der Waals surface area contributed by atoms with E-state index in [1.807, 2.05) is 0 Å². The highest BCUT2D eigenvalue weighted by molar-refractivity contribution is 5.92. The van der Waals surface area contributed by atoms with E-state index in [-0.39, 0.29) is 24.3 Å². The lowest BCUT2D eigenvalue weighted by molar-refractivity contribution is -0.138. The van der Waals surface area contributed by atoms with Crippen LogP contribution >= 0.6 is 0 Å². The van der Waals surface area contributed by atoms with Crippen LogP contribution in [0.25, 0.3) is 0 Å². The molecule has 3 rings (SSSR count). The monoisotopic (exact) mass is 339 g/mol. The molecule has 0 saturated carbocycles. The Bertz CT molecular complexity index is 754. The van der Waals surface area contributed by atoms with Crippen molar-refractivity contribution in [2.45, 2.75) is 31.7 Å². The summed E-state index contributed by atoms with van der Waals surface area (Å²) in [6, 6.07) is 7.37. The smallest absolute Gasteiger partial charge is 0.416 e. The lowest BCUT2D eigenvalue weighted by Crippen LogP contribution is -2.32. The average Bonchev–Trinajstić information content (AvgIpc) is 3.12. The van der Waals surface area contributed by atoms with E-state index in [9.17, 15) is 23.1 Å². The fraction of sp³-hybridized carbons (Fsp3) is 0.353. The van der Waals surface area contributed by atoms with E-state index in [4.69, 9.17) is 4.42 Å². The third-order valence-corrected chi connectivity index (χ3v) is 4.12. The van der Waals surface area contributed by atoms with E-state index in [0.29, 0.717) is 5.76 Å². The summed E-state index contributed by atoms with van der Waals surface area (Å²) in [5.74, 6) is 0.0584. The fourth-order valence-electron chi connectivity index (χ4n) is 3.07. The minimum atomic E-state index is -4.53. The van der Waals surface area contributed by atoms with Crippen LogP contribution in [0.1, 0.15) is 39.9 Å². The third kappa shape index (κ3) is 3.03. The molecule has 1 amide bonds. The molecule has 0 radical (unpaired) electrons. The van der Waals surface area contributed by atoms with E-state index in [2.05, 4.69) is 0 Å². The zero-order valence-corrected chi connectivity index (χ0v) is 12.9. The number of amides is 1. The Labute approximate surface area is 136 Å². The molecule has 1 aromatic heterocycles. The van der Waals surface area contributed by atoms with Crippen LogP contribution in [-0.4, -0.2) is 28.6 Å². The van der Waals surface area contributed by atoms with Gasteiger partial charge in [0.05, 0.1) is 17.7 Å². The van der Waals surface area contributed by atoms with Gasteiger partial charge >= 0.3 is 6.18 Å². The highest BCUT2D eigenvalue weighted by atomic mass is 19.4. The highest BCUT2D eigenvalue weighted by Gasteiger charge is 2.42. The van der Waals surface area contributed by atoms with Crippen molar-refractivity contribution in [2.24, 2.45) is 0 Å². The highest BCUT2D eigenvalue weighted by Crippen LogP contribution is 2.40. The molecule has 0 bridgehead atoms. The van der Waals surface area contributed by atoms with Crippen molar-refractivity contribution in [1.29, 1.82) is 0 Å². The average molecular weight is 339 g/mol. The van der Waals surface area contributed by atoms with Crippen LogP contribution in [0.5, 0.6) is 0 Å². The largest absolute Gasteiger partial charge is 0.456 e. The Morgan fingerprint density at radius 2 is 1.96 bits per heavy atom. The predicted molar refractivity (Wildman–Crippen MR) is 79.3 cm³/mol. The van der Waals surface area contributed by atoms with Gasteiger partial charge in [-0.3, -0.25) is 4.79 Å². The number of hydrogen-bond donors (Lipinski definition) is 1. The maximum atomic E-state index is 13.3. The molecule has 0 aliphatic carbocycles. The van der Waals surface area contributed by atoms with Crippen LogP contribution in [-0.2, 0) is 6.18 Å². The standard InChI is InChI=1S/C17H16F3NO3/c1-10-6-7-15(24-10)16(23)21-9-11(22)8-14(21)12-4-2-3-5-13(12)17(18,19)20/h2-7,11,14,22H,8-9H2,1H3. The van der Waals surface area contributed by atoms with Gasteiger partial charge in [-0.1, -0.05) is 18.2 Å². The minimum absolute atomic E-state index is 0.0156. The van der Waals surface area contributed by atoms with E-state index >= 15 is 0 Å². The second-order valence-corrected chi connectivity index (χ2v) is 5.86. The number of furan rings is 1. The maximum Gasteiger partial charge on any atom is 0.416 e. The second kappa shape index (κ2) is 5.98. The summed E-state index contributed by atoms with van der Waals surface area (Å²) in [5.41, 5.74) is -0.810. The SMILES string of the molecule is Cc1ccc(C(=O)N2CC(O)CC2c2ccccc2C(F)(F)F)o1. The number of benzene rings is 1. The first-order valence-corrected chi connectivity index (χ1v) is 7.49. The van der Waals surface area contributed by atoms with Gasteiger partial charge in [-0.25, -0.2) is 0 Å². The summed E-state index contributed by atoms with van der Waals surface area (Å²) < 4.78 is 45.1. The molecule has 4 nitrogen and oxygen atoms in total. The molecule has 1 saturated heterocycles. The molecule has 2 heterocycles. The molecule has 1 N–H and O–H groups in total. The molecule has 1 fully saturated rings. The molecule has 1 aliphatic heterocycles. The topological polar surface area (TPSA) is 53.7 Å². The summed E-state index contributed by atoms with van der Waals surface area (Å²) in [6.45, 7) is 1.64. The normalized spacial score (nSPS) is 21.3. The van der Waals surface area contributed by atoms with Gasteiger partial charge in [-0.05, 0) is 37.1 Å². The Morgan fingerprint density at radius 3 is 2.58 bits per heavy atom. The van der Waals surface area contributed by atoms with Crippen molar-refractivity contribution in [2.75, 3.05) is 6.54 Å². The number of halogens is 3. The van der Waals surface area contributed by atoms with Gasteiger partial charge in [-0.15, -0.1) is 0 Å². The van der Waals surface area contributed by atoms with Crippen molar-refractivity contribution >= 4 is 5.91 Å². The molecule has 2 atom stereocenters. The van der Waals surface area contributed by atoms with E-state index < -0.39 is 29.8 Å². The van der Waals surface area contributed by atoms with Crippen molar-refractivity contribution in [3.63, 3.8) is 0 Å². The quantitative estimate of drug-likeness (QED) is 0.910. The predicted octanol–water partition coefficient (Wildman–Crippen LogP) is 3.55. The van der Waals surface area contributed by atoms with E-state index in [1.165, 1.54) is 29.2 Å². The minimum Gasteiger partial charge on any atom is -0.456 e. The van der Waals surface area contributed by atoms with Crippen LogP contribution in [0.4, 0.5) is 13.2 Å². The van der Waals surface area contributed by atoms with Crippen LogP contribution in [0.2, 0.25) is 0 Å². The fourth-order valence-corrected chi connectivity index (χ4v) is 3.07. The van der Waals surface area contributed by atoms with Crippen molar-refractivity contribution < 1.29 is 27.5 Å². The Morgan fingerprint density at radius 1 is 1.25 bits per heavy atom. The number of aliphatic hydroxyl groups is 1. The van der Waals surface area contributed by atoms with Gasteiger partial charge in [0.2, 0.25) is 0 Å². The summed E-state index contributed by atoms with van der Waals surface area (Å²) >= 11 is 0. The molecule has 0 spiro atoms. The number of aryl methyl sites for hydroxylation is 1. The number of likely N-dealkylation sites (tertiary alicyclic amines) is 1. The number of β-amino-alcohol motifs (C(OH)–C–C–N with tert-alkyl or cyclic N) is 1. The number of nitrogens with zero attached hydrogens (tertiary/aromatic N) is 1. The van der Waals surface area contributed by atoms with E-state index in [1.54, 1.807) is 13.0 Å². The van der Waals surface area contributed by atoms with Gasteiger partial charge < -0.3 is 14.4 Å². The second-order valence-electron chi connectivity index (χ2n) is 5.86. The lowest BCUT2D eigenvalue weighted by atomic mass is 9.97. The van der Waals surface area contributed by atoms with Crippen LogP contribution in [0, 0.1) is 6.92 Å². The van der Waals surface area contributed by atoms with Crippen molar-refractivity contribution in [1.82, 2.24) is 4.90 Å². The van der Waals surface area contributed by atoms with Crippen molar-refractivity contribution in [3.05, 3.63) is 59.0 Å². The first kappa shape index (κ1) is 16.6. The molecule has 128 valence electrons. The number of rotatable bonds is 2. The zero-order chi connectivity index (χ0) is 17.5. The first-order valence-electron chi connectivity index (χ1n) is 7.49. The maximum absolute atomic E-state index is 13.3. The summed E-state index contributed by atoms with van der Waals surface area (Å²) in [7, 11) is 0. The van der Waals surface area contributed by atoms with Gasteiger partial charge in [0, 0.05) is 6.54 Å². The summed E-state index contributed by atoms with van der Waals surface area (Å²) in [5, 5.41) is 9.92.